The van der Waals surface area contributed by atoms with Crippen molar-refractivity contribution in [2.75, 3.05) is 20.1 Å². The standard InChI is InChI=1S/C28H32N4O4/c1-28(2,3)36-27(35)22-16-32(17-22)26(34)24(29-4)13-18-5-7-20(8-6-18)25-30-14-21(15-31-25)19-9-11-23(33)12-10-19/h5-12,14-15,22,24,29,33H,13,16-17H2,1-4H3. The van der Waals surface area contributed by atoms with E-state index in [2.05, 4.69) is 15.3 Å². The lowest BCUT2D eigenvalue weighted by Gasteiger charge is -2.40. The molecule has 2 aromatic carbocycles. The molecule has 0 saturated carbocycles. The first-order valence-electron chi connectivity index (χ1n) is 12.0. The van der Waals surface area contributed by atoms with Gasteiger partial charge in [-0.2, -0.15) is 0 Å². The highest BCUT2D eigenvalue weighted by molar-refractivity contribution is 5.85. The summed E-state index contributed by atoms with van der Waals surface area (Å²) in [7, 11) is 1.77. The van der Waals surface area contributed by atoms with Crippen molar-refractivity contribution in [1.29, 1.82) is 0 Å². The maximum Gasteiger partial charge on any atom is 0.313 e. The first kappa shape index (κ1) is 25.3. The lowest BCUT2D eigenvalue weighted by molar-refractivity contribution is -0.168. The fourth-order valence-corrected chi connectivity index (χ4v) is 4.03. The van der Waals surface area contributed by atoms with Crippen LogP contribution in [0.1, 0.15) is 26.3 Å². The highest BCUT2D eigenvalue weighted by Crippen LogP contribution is 2.24. The molecule has 0 bridgehead atoms. The minimum absolute atomic E-state index is 0.0189. The maximum atomic E-state index is 12.9. The number of amides is 1. The normalized spacial score (nSPS) is 14.7. The fourth-order valence-electron chi connectivity index (χ4n) is 4.03. The summed E-state index contributed by atoms with van der Waals surface area (Å²) < 4.78 is 5.42. The summed E-state index contributed by atoms with van der Waals surface area (Å²) in [6.07, 6.45) is 4.05. The van der Waals surface area contributed by atoms with Crippen LogP contribution in [0.15, 0.2) is 60.9 Å². The molecule has 0 spiro atoms. The Morgan fingerprint density at radius 2 is 1.58 bits per heavy atom. The Bertz CT molecular complexity index is 1200. The number of ether oxygens (including phenoxy) is 1. The number of hydrogen-bond acceptors (Lipinski definition) is 7. The molecule has 188 valence electrons. The Labute approximate surface area is 211 Å². The molecule has 1 aliphatic rings. The summed E-state index contributed by atoms with van der Waals surface area (Å²) in [6.45, 7) is 6.31. The molecule has 8 heteroatoms. The molecule has 1 amide bonds. The topological polar surface area (TPSA) is 105 Å². The second kappa shape index (κ2) is 10.5. The van der Waals surface area contributed by atoms with Crippen molar-refractivity contribution in [2.24, 2.45) is 5.92 Å². The summed E-state index contributed by atoms with van der Waals surface area (Å²) in [4.78, 5) is 35.8. The van der Waals surface area contributed by atoms with Crippen molar-refractivity contribution in [1.82, 2.24) is 20.2 Å². The summed E-state index contributed by atoms with van der Waals surface area (Å²) >= 11 is 0. The third-order valence-corrected chi connectivity index (χ3v) is 6.08. The second-order valence-electron chi connectivity index (χ2n) is 10.1. The highest BCUT2D eigenvalue weighted by Gasteiger charge is 2.40. The molecule has 3 aromatic rings. The summed E-state index contributed by atoms with van der Waals surface area (Å²) in [5, 5.41) is 12.6. The van der Waals surface area contributed by atoms with Crippen LogP contribution >= 0.6 is 0 Å². The number of likely N-dealkylation sites (tertiary alicyclic amines) is 1. The van der Waals surface area contributed by atoms with Gasteiger partial charge >= 0.3 is 5.97 Å². The van der Waals surface area contributed by atoms with Gasteiger partial charge < -0.3 is 20.1 Å². The van der Waals surface area contributed by atoms with E-state index in [0.29, 0.717) is 25.3 Å². The van der Waals surface area contributed by atoms with Crippen molar-refractivity contribution in [2.45, 2.75) is 38.8 Å². The first-order chi connectivity index (χ1) is 17.1. The Morgan fingerprint density at radius 3 is 2.14 bits per heavy atom. The molecule has 4 rings (SSSR count). The van der Waals surface area contributed by atoms with Gasteiger partial charge in [0.1, 0.15) is 11.4 Å². The van der Waals surface area contributed by atoms with Gasteiger partial charge in [-0.25, -0.2) is 9.97 Å². The zero-order chi connectivity index (χ0) is 25.9. The number of aromatic nitrogens is 2. The van der Waals surface area contributed by atoms with E-state index < -0.39 is 5.60 Å². The zero-order valence-corrected chi connectivity index (χ0v) is 21.1. The molecule has 0 aliphatic carbocycles. The molecular weight excluding hydrogens is 456 g/mol. The molecule has 1 saturated heterocycles. The summed E-state index contributed by atoms with van der Waals surface area (Å²) in [5.74, 6) is 0.300. The van der Waals surface area contributed by atoms with Crippen LogP contribution < -0.4 is 5.32 Å². The first-order valence-corrected chi connectivity index (χ1v) is 12.0. The summed E-state index contributed by atoms with van der Waals surface area (Å²) in [5.41, 5.74) is 3.16. The number of nitrogens with one attached hydrogen (secondary N) is 1. The number of carbonyl (C=O) groups excluding carboxylic acids is 2. The number of esters is 1. The average molecular weight is 489 g/mol. The zero-order valence-electron chi connectivity index (χ0n) is 21.1. The third-order valence-electron chi connectivity index (χ3n) is 6.08. The number of likely N-dealkylation sites (N-methyl/N-ethyl adjacent to an activating group) is 1. The molecule has 8 nitrogen and oxygen atoms in total. The Balaban J connectivity index is 1.34. The van der Waals surface area contributed by atoms with Crippen molar-refractivity contribution in [3.63, 3.8) is 0 Å². The van der Waals surface area contributed by atoms with Crippen LogP contribution in [-0.2, 0) is 20.7 Å². The van der Waals surface area contributed by atoms with Gasteiger partial charge in [-0.3, -0.25) is 9.59 Å². The molecule has 2 N–H and O–H groups in total. The SMILES string of the molecule is CNC(Cc1ccc(-c2ncc(-c3ccc(O)cc3)cn2)cc1)C(=O)N1CC(C(=O)OC(C)(C)C)C1. The molecule has 2 heterocycles. The van der Waals surface area contributed by atoms with Crippen molar-refractivity contribution >= 4 is 11.9 Å². The number of phenols is 1. The number of phenolic OH excluding ortho intramolecular Hbond substituents is 1. The molecule has 1 atom stereocenters. The number of rotatable bonds is 7. The van der Waals surface area contributed by atoms with Crippen LogP contribution in [0, 0.1) is 5.92 Å². The second-order valence-corrected chi connectivity index (χ2v) is 10.1. The van der Waals surface area contributed by atoms with Crippen LogP contribution in [0.5, 0.6) is 5.75 Å². The van der Waals surface area contributed by atoms with Gasteiger partial charge in [0.05, 0.1) is 12.0 Å². The molecule has 36 heavy (non-hydrogen) atoms. The number of aromatic hydroxyl groups is 1. The van der Waals surface area contributed by atoms with Crippen molar-refractivity contribution in [3.05, 3.63) is 66.5 Å². The van der Waals surface area contributed by atoms with Crippen LogP contribution in [0.2, 0.25) is 0 Å². The van der Waals surface area contributed by atoms with E-state index in [1.165, 1.54) is 0 Å². The predicted octanol–water partition coefficient (Wildman–Crippen LogP) is 3.45. The highest BCUT2D eigenvalue weighted by atomic mass is 16.6. The smallest absolute Gasteiger partial charge is 0.313 e. The van der Waals surface area contributed by atoms with Gasteiger partial charge in [0.2, 0.25) is 5.91 Å². The lowest BCUT2D eigenvalue weighted by atomic mass is 9.96. The predicted molar refractivity (Wildman–Crippen MR) is 137 cm³/mol. The van der Waals surface area contributed by atoms with E-state index in [9.17, 15) is 14.7 Å². The maximum absolute atomic E-state index is 12.9. The van der Waals surface area contributed by atoms with E-state index >= 15 is 0 Å². The van der Waals surface area contributed by atoms with Crippen LogP contribution in [0.3, 0.4) is 0 Å². The van der Waals surface area contributed by atoms with Gasteiger partial charge in [0, 0.05) is 36.6 Å². The molecule has 1 aliphatic heterocycles. The van der Waals surface area contributed by atoms with Crippen LogP contribution in [0.4, 0.5) is 0 Å². The number of benzene rings is 2. The van der Waals surface area contributed by atoms with E-state index in [1.807, 2.05) is 57.2 Å². The lowest BCUT2D eigenvalue weighted by Crippen LogP contribution is -2.58. The number of carbonyl (C=O) groups is 2. The number of nitrogens with zero attached hydrogens (tertiary/aromatic N) is 3. The van der Waals surface area contributed by atoms with E-state index in [0.717, 1.165) is 22.3 Å². The van der Waals surface area contributed by atoms with E-state index in [4.69, 9.17) is 4.74 Å². The Morgan fingerprint density at radius 1 is 1.00 bits per heavy atom. The van der Waals surface area contributed by atoms with E-state index in [-0.39, 0.29) is 29.6 Å². The average Bonchev–Trinajstić information content (AvgIpc) is 2.81. The molecule has 0 radical (unpaired) electrons. The number of hydrogen-bond donors (Lipinski definition) is 2. The third kappa shape index (κ3) is 6.07. The molecule has 1 fully saturated rings. The van der Waals surface area contributed by atoms with Gasteiger partial charge in [0.25, 0.3) is 0 Å². The molecule has 1 aromatic heterocycles. The minimum Gasteiger partial charge on any atom is -0.508 e. The van der Waals surface area contributed by atoms with Crippen molar-refractivity contribution in [3.8, 4) is 28.3 Å². The largest absolute Gasteiger partial charge is 0.508 e. The monoisotopic (exact) mass is 488 g/mol. The Hall–Kier alpha value is -3.78. The fraction of sp³-hybridized carbons (Fsp3) is 0.357. The summed E-state index contributed by atoms with van der Waals surface area (Å²) in [6, 6.07) is 14.4. The van der Waals surface area contributed by atoms with Gasteiger partial charge in [-0.15, -0.1) is 0 Å². The van der Waals surface area contributed by atoms with Gasteiger partial charge in [0.15, 0.2) is 5.82 Å². The minimum atomic E-state index is -0.527. The molecular formula is C28H32N4O4. The van der Waals surface area contributed by atoms with Crippen LogP contribution in [0.25, 0.3) is 22.5 Å². The van der Waals surface area contributed by atoms with Crippen LogP contribution in [-0.4, -0.2) is 63.6 Å². The van der Waals surface area contributed by atoms with Crippen molar-refractivity contribution < 1.29 is 19.4 Å². The van der Waals surface area contributed by atoms with Gasteiger partial charge in [-0.1, -0.05) is 36.4 Å². The van der Waals surface area contributed by atoms with Gasteiger partial charge in [-0.05, 0) is 57.5 Å². The molecule has 1 unspecified atom stereocenters. The quantitative estimate of drug-likeness (QED) is 0.491. The van der Waals surface area contributed by atoms with E-state index in [1.54, 1.807) is 36.5 Å². The Kier molecular flexibility index (Phi) is 7.35.